The van der Waals surface area contributed by atoms with Crippen LogP contribution in [0.3, 0.4) is 0 Å². The maximum atomic E-state index is 12.4. The van der Waals surface area contributed by atoms with Crippen LogP contribution >= 0.6 is 11.8 Å². The van der Waals surface area contributed by atoms with Gasteiger partial charge in [0.15, 0.2) is 5.16 Å². The molecule has 1 amide bonds. The van der Waals surface area contributed by atoms with Gasteiger partial charge in [-0.15, -0.1) is 0 Å². The molecule has 0 spiro atoms. The van der Waals surface area contributed by atoms with E-state index < -0.39 is 0 Å². The van der Waals surface area contributed by atoms with E-state index in [1.807, 2.05) is 11.8 Å². The summed E-state index contributed by atoms with van der Waals surface area (Å²) in [7, 11) is 0. The fourth-order valence-corrected chi connectivity index (χ4v) is 3.85. The lowest BCUT2D eigenvalue weighted by Gasteiger charge is -2.28. The number of carbonyl (C=O) groups excluding carboxylic acids is 1. The highest BCUT2D eigenvalue weighted by molar-refractivity contribution is 7.99. The van der Waals surface area contributed by atoms with Gasteiger partial charge >= 0.3 is 0 Å². The first-order chi connectivity index (χ1) is 10.1. The number of carbonyl (C=O) groups is 1. The number of nitrogens with zero attached hydrogens (tertiary/aromatic N) is 3. The van der Waals surface area contributed by atoms with Crippen LogP contribution in [-0.4, -0.2) is 52.4 Å². The van der Waals surface area contributed by atoms with Crippen LogP contribution in [0.1, 0.15) is 23.7 Å². The van der Waals surface area contributed by atoms with Crippen molar-refractivity contribution in [1.82, 2.24) is 14.5 Å². The van der Waals surface area contributed by atoms with Crippen LogP contribution in [0.4, 0.5) is 0 Å². The van der Waals surface area contributed by atoms with Crippen LogP contribution in [-0.2, 0) is 9.53 Å². The summed E-state index contributed by atoms with van der Waals surface area (Å²) in [4.78, 5) is 31.1. The smallest absolute Gasteiger partial charge is 0.257 e. The average Bonchev–Trinajstić information content (AvgIpc) is 2.88. The molecule has 2 aliphatic rings. The first-order valence-corrected chi connectivity index (χ1v) is 8.14. The van der Waals surface area contributed by atoms with Crippen LogP contribution < -0.4 is 5.56 Å². The Kier molecular flexibility index (Phi) is 4.03. The lowest BCUT2D eigenvalue weighted by molar-refractivity contribution is -0.136. The van der Waals surface area contributed by atoms with Gasteiger partial charge in [-0.2, -0.15) is 0 Å². The highest BCUT2D eigenvalue weighted by atomic mass is 32.2. The zero-order valence-electron chi connectivity index (χ0n) is 12.3. The highest BCUT2D eigenvalue weighted by Crippen LogP contribution is 2.32. The van der Waals surface area contributed by atoms with Crippen molar-refractivity contribution in [2.45, 2.75) is 31.5 Å². The number of hydrogen-bond donors (Lipinski definition) is 0. The van der Waals surface area contributed by atoms with E-state index in [0.29, 0.717) is 38.3 Å². The number of thioether (sulfide) groups is 1. The Balaban J connectivity index is 1.80. The molecule has 0 aliphatic carbocycles. The maximum absolute atomic E-state index is 12.4. The molecule has 1 fully saturated rings. The summed E-state index contributed by atoms with van der Waals surface area (Å²) in [6.07, 6.45) is 0.365. The van der Waals surface area contributed by atoms with Crippen LogP contribution in [0.25, 0.3) is 0 Å². The number of amides is 1. The number of morpholine rings is 1. The van der Waals surface area contributed by atoms with E-state index in [1.54, 1.807) is 23.3 Å². The van der Waals surface area contributed by atoms with E-state index in [4.69, 9.17) is 4.74 Å². The van der Waals surface area contributed by atoms with Gasteiger partial charge in [-0.25, -0.2) is 4.98 Å². The number of ether oxygens (including phenoxy) is 1. The number of aryl methyl sites for hydroxylation is 1. The van der Waals surface area contributed by atoms with Gasteiger partial charge < -0.3 is 9.64 Å². The van der Waals surface area contributed by atoms with Crippen LogP contribution in [0, 0.1) is 13.8 Å². The Morgan fingerprint density at radius 2 is 2.10 bits per heavy atom. The van der Waals surface area contributed by atoms with Gasteiger partial charge in [0.2, 0.25) is 5.91 Å². The summed E-state index contributed by atoms with van der Waals surface area (Å²) in [5.74, 6) is 0.836. The normalized spacial score (nSPS) is 21.4. The monoisotopic (exact) mass is 309 g/mol. The molecule has 21 heavy (non-hydrogen) atoms. The molecular weight excluding hydrogens is 290 g/mol. The molecule has 0 unspecified atom stereocenters. The molecule has 0 bridgehead atoms. The molecule has 3 heterocycles. The zero-order valence-corrected chi connectivity index (χ0v) is 13.1. The van der Waals surface area contributed by atoms with E-state index in [9.17, 15) is 9.59 Å². The van der Waals surface area contributed by atoms with Crippen molar-refractivity contribution in [3.05, 3.63) is 21.6 Å². The fraction of sp³-hybridized carbons (Fsp3) is 0.643. The molecule has 1 aromatic heterocycles. The van der Waals surface area contributed by atoms with Crippen molar-refractivity contribution in [2.24, 2.45) is 0 Å². The van der Waals surface area contributed by atoms with E-state index in [1.165, 1.54) is 0 Å². The van der Waals surface area contributed by atoms with Crippen LogP contribution in [0.15, 0.2) is 9.95 Å². The van der Waals surface area contributed by atoms with Crippen molar-refractivity contribution < 1.29 is 9.53 Å². The lowest BCUT2D eigenvalue weighted by atomic mass is 10.2. The molecule has 3 rings (SSSR count). The number of fused-ring (bicyclic) bond motifs is 1. The molecular formula is C14H19N3O3S. The largest absolute Gasteiger partial charge is 0.378 e. The second-order valence-electron chi connectivity index (χ2n) is 5.44. The minimum atomic E-state index is -0.0837. The average molecular weight is 309 g/mol. The van der Waals surface area contributed by atoms with E-state index >= 15 is 0 Å². The van der Waals surface area contributed by atoms with Crippen molar-refractivity contribution >= 4 is 17.7 Å². The molecule has 114 valence electrons. The zero-order chi connectivity index (χ0) is 15.0. The first kappa shape index (κ1) is 14.6. The molecule has 0 saturated carbocycles. The number of hydrogen-bond acceptors (Lipinski definition) is 5. The van der Waals surface area contributed by atoms with E-state index in [-0.39, 0.29) is 17.5 Å². The quantitative estimate of drug-likeness (QED) is 0.755. The SMILES string of the molecule is Cc1nc2n(c(=O)c1C)[C@@H](CC(=O)N1CCOCC1)CS2. The summed E-state index contributed by atoms with van der Waals surface area (Å²) in [5, 5.41) is 0.739. The molecule has 2 aliphatic heterocycles. The number of aromatic nitrogens is 2. The van der Waals surface area contributed by atoms with Gasteiger partial charge in [0.05, 0.1) is 19.3 Å². The van der Waals surface area contributed by atoms with Crippen LogP contribution in [0.2, 0.25) is 0 Å². The predicted octanol–water partition coefficient (Wildman–Crippen LogP) is 0.756. The summed E-state index contributed by atoms with van der Waals surface area (Å²) in [6.45, 7) is 6.13. The molecule has 1 atom stereocenters. The van der Waals surface area contributed by atoms with Gasteiger partial charge in [0.1, 0.15) is 0 Å². The maximum Gasteiger partial charge on any atom is 0.257 e. The summed E-state index contributed by atoms with van der Waals surface area (Å²) in [6, 6.07) is -0.0837. The van der Waals surface area contributed by atoms with E-state index in [0.717, 1.165) is 16.6 Å². The molecule has 0 N–H and O–H groups in total. The predicted molar refractivity (Wildman–Crippen MR) is 79.7 cm³/mol. The van der Waals surface area contributed by atoms with Gasteiger partial charge in [0, 0.05) is 36.5 Å². The first-order valence-electron chi connectivity index (χ1n) is 7.16. The third kappa shape index (κ3) is 2.72. The van der Waals surface area contributed by atoms with Gasteiger partial charge in [-0.3, -0.25) is 14.2 Å². The fourth-order valence-electron chi connectivity index (χ4n) is 2.67. The third-order valence-corrected chi connectivity index (χ3v) is 5.19. The molecule has 7 heteroatoms. The van der Waals surface area contributed by atoms with Crippen molar-refractivity contribution in [3.63, 3.8) is 0 Å². The third-order valence-electron chi connectivity index (χ3n) is 4.10. The molecule has 1 aromatic rings. The second kappa shape index (κ2) is 5.81. The summed E-state index contributed by atoms with van der Waals surface area (Å²) >= 11 is 1.56. The van der Waals surface area contributed by atoms with Gasteiger partial charge in [-0.1, -0.05) is 11.8 Å². The van der Waals surface area contributed by atoms with Crippen molar-refractivity contribution in [1.29, 1.82) is 0 Å². The Hall–Kier alpha value is -1.34. The Bertz CT molecular complexity index is 623. The minimum absolute atomic E-state index is 0.0118. The van der Waals surface area contributed by atoms with Crippen LogP contribution in [0.5, 0.6) is 0 Å². The second-order valence-corrected chi connectivity index (χ2v) is 6.43. The van der Waals surface area contributed by atoms with Gasteiger partial charge in [0.25, 0.3) is 5.56 Å². The lowest BCUT2D eigenvalue weighted by Crippen LogP contribution is -2.42. The summed E-state index contributed by atoms with van der Waals surface area (Å²) < 4.78 is 6.96. The Labute approximate surface area is 127 Å². The Morgan fingerprint density at radius 1 is 1.38 bits per heavy atom. The minimum Gasteiger partial charge on any atom is -0.378 e. The topological polar surface area (TPSA) is 64.4 Å². The molecule has 0 aromatic carbocycles. The highest BCUT2D eigenvalue weighted by Gasteiger charge is 2.30. The molecule has 0 radical (unpaired) electrons. The Morgan fingerprint density at radius 3 is 2.81 bits per heavy atom. The molecule has 6 nitrogen and oxygen atoms in total. The van der Waals surface area contributed by atoms with Crippen molar-refractivity contribution in [3.8, 4) is 0 Å². The number of rotatable bonds is 2. The summed E-state index contributed by atoms with van der Waals surface area (Å²) in [5.41, 5.74) is 1.44. The van der Waals surface area contributed by atoms with Crippen molar-refractivity contribution in [2.75, 3.05) is 32.1 Å². The van der Waals surface area contributed by atoms with Gasteiger partial charge in [-0.05, 0) is 13.8 Å². The van der Waals surface area contributed by atoms with E-state index in [2.05, 4.69) is 4.98 Å². The molecule has 1 saturated heterocycles. The standard InChI is InChI=1S/C14H19N3O3S/c1-9-10(2)15-14-17(13(9)19)11(8-21-14)7-12(18)16-3-5-20-6-4-16/h11H,3-8H2,1-2H3/t11-/m0/s1.